The molecule has 2 amide bonds. The third kappa shape index (κ3) is 7.88. The minimum absolute atomic E-state index is 0.0402. The van der Waals surface area contributed by atoms with E-state index in [0.29, 0.717) is 0 Å². The number of benzene rings is 2. The van der Waals surface area contributed by atoms with Gasteiger partial charge in [-0.3, -0.25) is 0 Å². The van der Waals surface area contributed by atoms with Crippen molar-refractivity contribution in [1.82, 2.24) is 10.6 Å². The van der Waals surface area contributed by atoms with Crippen LogP contribution in [0.2, 0.25) is 0 Å². The SMILES string of the molecule is CC(C)(C)OC(=O)NCC(F)(F)COC[C@H](NC(=O)OCC1c2ccccc2-c2ccccc21)C(=O)O. The monoisotopic (exact) mass is 520 g/mol. The number of carboxylic acid groups (broad SMARTS) is 1. The van der Waals surface area contributed by atoms with Crippen LogP contribution in [-0.2, 0) is 19.0 Å². The second-order valence-electron chi connectivity index (χ2n) is 9.59. The summed E-state index contributed by atoms with van der Waals surface area (Å²) in [6.45, 7) is 1.73. The molecule has 0 aromatic heterocycles. The number of rotatable bonds is 10. The first kappa shape index (κ1) is 27.9. The number of nitrogens with one attached hydrogen (secondary N) is 2. The Hall–Kier alpha value is -3.73. The zero-order valence-corrected chi connectivity index (χ0v) is 20.8. The van der Waals surface area contributed by atoms with Crippen molar-refractivity contribution in [2.75, 3.05) is 26.4 Å². The van der Waals surface area contributed by atoms with Gasteiger partial charge in [0.15, 0.2) is 6.04 Å². The van der Waals surface area contributed by atoms with Crippen molar-refractivity contribution in [3.63, 3.8) is 0 Å². The summed E-state index contributed by atoms with van der Waals surface area (Å²) in [7, 11) is 0. The van der Waals surface area contributed by atoms with Gasteiger partial charge in [-0.05, 0) is 43.0 Å². The maximum absolute atomic E-state index is 14.0. The average Bonchev–Trinajstić information content (AvgIpc) is 3.13. The summed E-state index contributed by atoms with van der Waals surface area (Å²) in [5, 5.41) is 13.4. The second-order valence-corrected chi connectivity index (χ2v) is 9.59. The van der Waals surface area contributed by atoms with Gasteiger partial charge in [-0.2, -0.15) is 0 Å². The Labute approximate surface area is 213 Å². The van der Waals surface area contributed by atoms with Crippen LogP contribution >= 0.6 is 0 Å². The number of carboxylic acids is 1. The average molecular weight is 521 g/mol. The van der Waals surface area contributed by atoms with Crippen LogP contribution in [0.5, 0.6) is 0 Å². The van der Waals surface area contributed by atoms with E-state index in [1.165, 1.54) is 0 Å². The lowest BCUT2D eigenvalue weighted by atomic mass is 9.98. The van der Waals surface area contributed by atoms with Gasteiger partial charge in [0.25, 0.3) is 5.92 Å². The van der Waals surface area contributed by atoms with Crippen molar-refractivity contribution < 1.29 is 42.5 Å². The number of amides is 2. The van der Waals surface area contributed by atoms with Gasteiger partial charge in [0.1, 0.15) is 18.8 Å². The van der Waals surface area contributed by atoms with Gasteiger partial charge in [-0.15, -0.1) is 0 Å². The molecule has 2 aromatic rings. The van der Waals surface area contributed by atoms with Crippen molar-refractivity contribution in [2.24, 2.45) is 0 Å². The minimum Gasteiger partial charge on any atom is -0.480 e. The first-order chi connectivity index (χ1) is 17.4. The third-order valence-corrected chi connectivity index (χ3v) is 5.42. The molecule has 0 unspecified atom stereocenters. The Morgan fingerprint density at radius 2 is 1.54 bits per heavy atom. The molecular weight excluding hydrogens is 490 g/mol. The van der Waals surface area contributed by atoms with E-state index >= 15 is 0 Å². The molecule has 0 radical (unpaired) electrons. The van der Waals surface area contributed by atoms with Gasteiger partial charge >= 0.3 is 18.2 Å². The Morgan fingerprint density at radius 3 is 2.08 bits per heavy atom. The van der Waals surface area contributed by atoms with Crippen LogP contribution in [0.4, 0.5) is 18.4 Å². The summed E-state index contributed by atoms with van der Waals surface area (Å²) in [5.41, 5.74) is 3.18. The molecule has 0 saturated carbocycles. The summed E-state index contributed by atoms with van der Waals surface area (Å²) in [6, 6.07) is 13.8. The molecular formula is C26H30F2N2O7. The Bertz CT molecular complexity index is 1090. The van der Waals surface area contributed by atoms with Crippen LogP contribution < -0.4 is 10.6 Å². The maximum Gasteiger partial charge on any atom is 0.407 e. The van der Waals surface area contributed by atoms with E-state index < -0.39 is 55.5 Å². The predicted molar refractivity (Wildman–Crippen MR) is 130 cm³/mol. The molecule has 0 fully saturated rings. The van der Waals surface area contributed by atoms with E-state index in [0.717, 1.165) is 22.3 Å². The molecule has 0 aliphatic heterocycles. The van der Waals surface area contributed by atoms with Crippen molar-refractivity contribution in [3.8, 4) is 11.1 Å². The fourth-order valence-electron chi connectivity index (χ4n) is 3.85. The second kappa shape index (κ2) is 11.5. The molecule has 9 nitrogen and oxygen atoms in total. The number of fused-ring (bicyclic) bond motifs is 3. The number of halogens is 2. The molecule has 0 spiro atoms. The largest absolute Gasteiger partial charge is 0.480 e. The van der Waals surface area contributed by atoms with Crippen molar-refractivity contribution in [2.45, 2.75) is 44.3 Å². The van der Waals surface area contributed by atoms with E-state index in [-0.39, 0.29) is 12.5 Å². The third-order valence-electron chi connectivity index (χ3n) is 5.42. The van der Waals surface area contributed by atoms with Gasteiger partial charge in [0.05, 0.1) is 13.2 Å². The number of alkyl halides is 2. The van der Waals surface area contributed by atoms with E-state index in [2.05, 4.69) is 5.32 Å². The lowest BCUT2D eigenvalue weighted by molar-refractivity contribution is -0.142. The van der Waals surface area contributed by atoms with Crippen LogP contribution in [0.1, 0.15) is 37.8 Å². The molecule has 0 bridgehead atoms. The topological polar surface area (TPSA) is 123 Å². The highest BCUT2D eigenvalue weighted by atomic mass is 19.3. The summed E-state index contributed by atoms with van der Waals surface area (Å²) in [5.74, 6) is -5.21. The molecule has 0 heterocycles. The molecule has 200 valence electrons. The van der Waals surface area contributed by atoms with Crippen molar-refractivity contribution >= 4 is 18.2 Å². The van der Waals surface area contributed by atoms with Crippen LogP contribution in [0.25, 0.3) is 11.1 Å². The molecule has 37 heavy (non-hydrogen) atoms. The summed E-state index contributed by atoms with van der Waals surface area (Å²) < 4.78 is 43.0. The molecule has 11 heteroatoms. The van der Waals surface area contributed by atoms with Crippen LogP contribution in [0, 0.1) is 0 Å². The van der Waals surface area contributed by atoms with Gasteiger partial charge in [0, 0.05) is 5.92 Å². The lowest BCUT2D eigenvalue weighted by Crippen LogP contribution is -2.46. The van der Waals surface area contributed by atoms with Crippen LogP contribution in [0.3, 0.4) is 0 Å². The number of carbonyl (C=O) groups excluding carboxylic acids is 2. The number of alkyl carbamates (subject to hydrolysis) is 2. The molecule has 1 aliphatic rings. The van der Waals surface area contributed by atoms with Gasteiger partial charge in [-0.25, -0.2) is 23.2 Å². The smallest absolute Gasteiger partial charge is 0.407 e. The zero-order valence-electron chi connectivity index (χ0n) is 20.8. The highest BCUT2D eigenvalue weighted by Crippen LogP contribution is 2.44. The minimum atomic E-state index is -3.50. The van der Waals surface area contributed by atoms with Crippen molar-refractivity contribution in [3.05, 3.63) is 59.7 Å². The summed E-state index contributed by atoms with van der Waals surface area (Å²) in [6.07, 6.45) is -2.04. The van der Waals surface area contributed by atoms with Crippen molar-refractivity contribution in [1.29, 1.82) is 0 Å². The zero-order chi connectivity index (χ0) is 27.2. The normalized spacial score (nSPS) is 13.8. The Balaban J connectivity index is 1.48. The molecule has 2 aromatic carbocycles. The highest BCUT2D eigenvalue weighted by molar-refractivity contribution is 5.81. The maximum atomic E-state index is 14.0. The van der Waals surface area contributed by atoms with E-state index in [1.54, 1.807) is 20.8 Å². The number of carbonyl (C=O) groups is 3. The van der Waals surface area contributed by atoms with Crippen LogP contribution in [0.15, 0.2) is 48.5 Å². The summed E-state index contributed by atoms with van der Waals surface area (Å²) >= 11 is 0. The fourth-order valence-corrected chi connectivity index (χ4v) is 3.85. The molecule has 1 aliphatic carbocycles. The Kier molecular flexibility index (Phi) is 8.69. The molecule has 3 rings (SSSR count). The Morgan fingerprint density at radius 1 is 0.973 bits per heavy atom. The van der Waals surface area contributed by atoms with Gasteiger partial charge in [0.2, 0.25) is 0 Å². The number of hydrogen-bond acceptors (Lipinski definition) is 6. The van der Waals surface area contributed by atoms with E-state index in [4.69, 9.17) is 14.2 Å². The van der Waals surface area contributed by atoms with Gasteiger partial charge < -0.3 is 30.0 Å². The van der Waals surface area contributed by atoms with Crippen LogP contribution in [-0.4, -0.2) is 67.2 Å². The standard InChI is InChI=1S/C26H30F2N2O7/c1-25(2,3)37-23(33)29-14-26(27,28)15-35-13-21(22(31)32)30-24(34)36-12-20-18-10-6-4-8-16(18)17-9-5-7-11-19(17)20/h4-11,20-21H,12-15H2,1-3H3,(H,29,33)(H,30,34)(H,31,32)/t21-/m0/s1. The molecule has 1 atom stereocenters. The lowest BCUT2D eigenvalue weighted by Gasteiger charge is -2.22. The number of hydrogen-bond donors (Lipinski definition) is 3. The summed E-state index contributed by atoms with van der Waals surface area (Å²) in [4.78, 5) is 35.4. The first-order valence-corrected chi connectivity index (χ1v) is 11.6. The number of aliphatic carboxylic acids is 1. The highest BCUT2D eigenvalue weighted by Gasteiger charge is 2.33. The first-order valence-electron chi connectivity index (χ1n) is 11.6. The number of ether oxygens (including phenoxy) is 3. The molecule has 3 N–H and O–H groups in total. The predicted octanol–water partition coefficient (Wildman–Crippen LogP) is 4.15. The quantitative estimate of drug-likeness (QED) is 0.430. The fraction of sp³-hybridized carbons (Fsp3) is 0.423. The van der Waals surface area contributed by atoms with E-state index in [9.17, 15) is 28.3 Å². The molecule has 0 saturated heterocycles. The van der Waals surface area contributed by atoms with Gasteiger partial charge in [-0.1, -0.05) is 48.5 Å². The van der Waals surface area contributed by atoms with E-state index in [1.807, 2.05) is 53.8 Å².